The van der Waals surface area contributed by atoms with E-state index in [1.807, 2.05) is 0 Å². The normalized spacial score (nSPS) is 11.7. The van der Waals surface area contributed by atoms with Crippen molar-refractivity contribution in [3.63, 3.8) is 0 Å². The average Bonchev–Trinajstić information content (AvgIpc) is 3.06. The molecule has 0 atom stereocenters. The lowest BCUT2D eigenvalue weighted by atomic mass is 9.83. The molecule has 0 aliphatic rings. The number of hydrogen-bond acceptors (Lipinski definition) is 2. The molecule has 0 bridgehead atoms. The van der Waals surface area contributed by atoms with Gasteiger partial charge in [0.1, 0.15) is 0 Å². The van der Waals surface area contributed by atoms with Crippen LogP contribution in [0.2, 0.25) is 0 Å². The number of rotatable bonds is 7. The lowest BCUT2D eigenvalue weighted by Gasteiger charge is -2.35. The van der Waals surface area contributed by atoms with Gasteiger partial charge in [-0.2, -0.15) is 0 Å². The molecule has 0 spiro atoms. The molecule has 6 aromatic carbocycles. The smallest absolute Gasteiger partial charge is 0.0499 e. The maximum absolute atomic E-state index is 2.45. The molecule has 6 aromatic rings. The van der Waals surface area contributed by atoms with Crippen LogP contribution in [-0.2, 0) is 10.8 Å². The number of anilines is 6. The molecule has 2 heteroatoms. The molecule has 0 N–H and O–H groups in total. The van der Waals surface area contributed by atoms with Crippen LogP contribution in [0.1, 0.15) is 52.7 Å². The Hall–Kier alpha value is -5.08. The maximum atomic E-state index is 2.45. The molecule has 2 nitrogen and oxygen atoms in total. The van der Waals surface area contributed by atoms with Crippen molar-refractivity contribution < 1.29 is 0 Å². The van der Waals surface area contributed by atoms with Gasteiger partial charge >= 0.3 is 0 Å². The Morgan fingerprint density at radius 1 is 0.304 bits per heavy atom. The summed E-state index contributed by atoms with van der Waals surface area (Å²) in [7, 11) is 0. The first-order chi connectivity index (χ1) is 22.1. The van der Waals surface area contributed by atoms with Gasteiger partial charge in [-0.15, -0.1) is 0 Å². The van der Waals surface area contributed by atoms with E-state index in [-0.39, 0.29) is 10.8 Å². The van der Waals surface area contributed by atoms with E-state index >= 15 is 0 Å². The Morgan fingerprint density at radius 2 is 0.609 bits per heavy atom. The standard InChI is InChI=1S/C44H44N2/c1-43(2,3)39-21-13-15-23-41(39)46(42-24-16-14-22-40(42)44(4,5)6)38-31-27-34(28-32-38)33-25-29-37(30-26-33)45(35-17-9-7-10-18-35)36-19-11-8-12-20-36/h7-32H,1-6H3. The fourth-order valence-electron chi connectivity index (χ4n) is 6.22. The van der Waals surface area contributed by atoms with E-state index in [0.717, 1.165) is 22.7 Å². The number of nitrogens with zero attached hydrogens (tertiary/aromatic N) is 2. The fraction of sp³-hybridized carbons (Fsp3) is 0.182. The van der Waals surface area contributed by atoms with Gasteiger partial charge in [0.05, 0.1) is 0 Å². The molecule has 0 unspecified atom stereocenters. The SMILES string of the molecule is CC(C)(C)c1ccccc1N(c1ccc(-c2ccc(N(c3ccccc3)c3ccccc3)cc2)cc1)c1ccccc1C(C)(C)C. The zero-order valence-corrected chi connectivity index (χ0v) is 27.9. The molecular weight excluding hydrogens is 556 g/mol. The van der Waals surface area contributed by atoms with Gasteiger partial charge in [-0.1, -0.05) is 139 Å². The van der Waals surface area contributed by atoms with Crippen LogP contribution in [0.3, 0.4) is 0 Å². The molecule has 0 radical (unpaired) electrons. The van der Waals surface area contributed by atoms with Crippen molar-refractivity contribution in [2.75, 3.05) is 9.80 Å². The van der Waals surface area contributed by atoms with Crippen LogP contribution in [0, 0.1) is 0 Å². The molecule has 0 fully saturated rings. The molecule has 46 heavy (non-hydrogen) atoms. The summed E-state index contributed by atoms with van der Waals surface area (Å²) in [5, 5.41) is 0. The van der Waals surface area contributed by atoms with Crippen LogP contribution < -0.4 is 9.80 Å². The number of hydrogen-bond donors (Lipinski definition) is 0. The molecule has 0 saturated heterocycles. The minimum Gasteiger partial charge on any atom is -0.311 e. The first-order valence-corrected chi connectivity index (χ1v) is 16.2. The van der Waals surface area contributed by atoms with Gasteiger partial charge in [-0.05, 0) is 93.7 Å². The van der Waals surface area contributed by atoms with Crippen molar-refractivity contribution in [2.45, 2.75) is 52.4 Å². The predicted molar refractivity (Wildman–Crippen MR) is 199 cm³/mol. The first-order valence-electron chi connectivity index (χ1n) is 16.2. The molecule has 0 aliphatic carbocycles. The number of para-hydroxylation sites is 4. The van der Waals surface area contributed by atoms with Gasteiger partial charge in [0.25, 0.3) is 0 Å². The van der Waals surface area contributed by atoms with Crippen LogP contribution in [0.15, 0.2) is 158 Å². The Morgan fingerprint density at radius 3 is 0.978 bits per heavy atom. The predicted octanol–water partition coefficient (Wildman–Crippen LogP) is 12.9. The summed E-state index contributed by atoms with van der Waals surface area (Å²) in [5.74, 6) is 0. The first kappa shape index (κ1) is 30.9. The molecule has 230 valence electrons. The summed E-state index contributed by atoms with van der Waals surface area (Å²) in [6.07, 6.45) is 0. The molecule has 0 aliphatic heterocycles. The van der Waals surface area contributed by atoms with Crippen LogP contribution in [-0.4, -0.2) is 0 Å². The van der Waals surface area contributed by atoms with E-state index < -0.39 is 0 Å². The van der Waals surface area contributed by atoms with Crippen LogP contribution in [0.25, 0.3) is 11.1 Å². The molecule has 6 rings (SSSR count). The lowest BCUT2D eigenvalue weighted by molar-refractivity contribution is 0.587. The van der Waals surface area contributed by atoms with E-state index in [1.165, 1.54) is 33.6 Å². The summed E-state index contributed by atoms with van der Waals surface area (Å²) < 4.78 is 0. The van der Waals surface area contributed by atoms with Gasteiger partial charge in [0, 0.05) is 34.1 Å². The van der Waals surface area contributed by atoms with Crippen molar-refractivity contribution >= 4 is 34.1 Å². The fourth-order valence-corrected chi connectivity index (χ4v) is 6.22. The van der Waals surface area contributed by atoms with Crippen LogP contribution in [0.4, 0.5) is 34.1 Å². The van der Waals surface area contributed by atoms with Crippen molar-refractivity contribution in [1.82, 2.24) is 0 Å². The minimum absolute atomic E-state index is 0.0133. The zero-order valence-electron chi connectivity index (χ0n) is 27.9. The second kappa shape index (κ2) is 12.7. The molecule has 0 heterocycles. The van der Waals surface area contributed by atoms with E-state index in [2.05, 4.69) is 209 Å². The third-order valence-corrected chi connectivity index (χ3v) is 8.52. The van der Waals surface area contributed by atoms with Gasteiger partial charge in [-0.25, -0.2) is 0 Å². The highest BCUT2D eigenvalue weighted by molar-refractivity contribution is 5.83. The van der Waals surface area contributed by atoms with Crippen molar-refractivity contribution in [1.29, 1.82) is 0 Å². The molecule has 0 amide bonds. The topological polar surface area (TPSA) is 6.48 Å². The Labute approximate surface area is 275 Å². The minimum atomic E-state index is -0.0133. The largest absolute Gasteiger partial charge is 0.311 e. The second-order valence-corrected chi connectivity index (χ2v) is 14.0. The lowest BCUT2D eigenvalue weighted by Crippen LogP contribution is -2.22. The molecular formula is C44H44N2. The highest BCUT2D eigenvalue weighted by Crippen LogP contribution is 2.45. The summed E-state index contributed by atoms with van der Waals surface area (Å²) >= 11 is 0. The summed E-state index contributed by atoms with van der Waals surface area (Å²) in [6, 6.07) is 56.7. The van der Waals surface area contributed by atoms with Crippen LogP contribution in [0.5, 0.6) is 0 Å². The Bertz CT molecular complexity index is 1780. The van der Waals surface area contributed by atoms with Gasteiger partial charge < -0.3 is 9.80 Å². The van der Waals surface area contributed by atoms with Gasteiger partial charge in [0.2, 0.25) is 0 Å². The third-order valence-electron chi connectivity index (χ3n) is 8.52. The van der Waals surface area contributed by atoms with Crippen molar-refractivity contribution in [3.8, 4) is 11.1 Å². The van der Waals surface area contributed by atoms with Crippen molar-refractivity contribution in [3.05, 3.63) is 169 Å². The van der Waals surface area contributed by atoms with Crippen LogP contribution >= 0.6 is 0 Å². The quantitative estimate of drug-likeness (QED) is 0.180. The van der Waals surface area contributed by atoms with E-state index in [1.54, 1.807) is 0 Å². The summed E-state index contributed by atoms with van der Waals surface area (Å²) in [6.45, 7) is 13.8. The van der Waals surface area contributed by atoms with E-state index in [9.17, 15) is 0 Å². The highest BCUT2D eigenvalue weighted by Gasteiger charge is 2.27. The highest BCUT2D eigenvalue weighted by atomic mass is 15.2. The molecule has 0 saturated carbocycles. The van der Waals surface area contributed by atoms with Gasteiger partial charge in [0.15, 0.2) is 0 Å². The monoisotopic (exact) mass is 600 g/mol. The molecule has 0 aromatic heterocycles. The van der Waals surface area contributed by atoms with E-state index in [0.29, 0.717) is 0 Å². The third kappa shape index (κ3) is 6.48. The number of benzene rings is 6. The van der Waals surface area contributed by atoms with E-state index in [4.69, 9.17) is 0 Å². The average molecular weight is 601 g/mol. The Balaban J connectivity index is 1.39. The maximum Gasteiger partial charge on any atom is 0.0499 e. The Kier molecular flexibility index (Phi) is 8.56. The second-order valence-electron chi connectivity index (χ2n) is 14.0. The summed E-state index contributed by atoms with van der Waals surface area (Å²) in [5.41, 5.74) is 12.0. The summed E-state index contributed by atoms with van der Waals surface area (Å²) in [4.78, 5) is 4.75. The van der Waals surface area contributed by atoms with Gasteiger partial charge in [-0.3, -0.25) is 0 Å². The van der Waals surface area contributed by atoms with Crippen molar-refractivity contribution in [2.24, 2.45) is 0 Å². The zero-order chi connectivity index (χ0) is 32.3.